The van der Waals surface area contributed by atoms with Crippen molar-refractivity contribution >= 4 is 28.2 Å². The highest BCUT2D eigenvalue weighted by atomic mass is 35.5. The lowest BCUT2D eigenvalue weighted by atomic mass is 9.90. The van der Waals surface area contributed by atoms with Gasteiger partial charge in [0.25, 0.3) is 0 Å². The number of hydrogen-bond donors (Lipinski definition) is 2. The van der Waals surface area contributed by atoms with E-state index >= 15 is 0 Å². The first-order valence-corrected chi connectivity index (χ1v) is 10.3. The Morgan fingerprint density at radius 1 is 1.00 bits per heavy atom. The lowest BCUT2D eigenvalue weighted by Crippen LogP contribution is -2.36. The van der Waals surface area contributed by atoms with Gasteiger partial charge in [0.15, 0.2) is 0 Å². The van der Waals surface area contributed by atoms with Crippen LogP contribution in [0.2, 0.25) is 5.02 Å². The van der Waals surface area contributed by atoms with E-state index in [2.05, 4.69) is 39.9 Å². The van der Waals surface area contributed by atoms with E-state index in [1.54, 1.807) is 7.11 Å². The summed E-state index contributed by atoms with van der Waals surface area (Å²) in [6, 6.07) is 17.3. The molecule has 0 atom stereocenters. The molecule has 1 aliphatic rings. The van der Waals surface area contributed by atoms with Gasteiger partial charge in [0.2, 0.25) is 0 Å². The van der Waals surface area contributed by atoms with Crippen LogP contribution in [0.5, 0.6) is 5.75 Å². The SMILES string of the molecule is COc1ccc(CN[C@H]2CC[C@@H](Nc3ccnc4cc(Cl)ccc34)CC2)cc1. The van der Waals surface area contributed by atoms with Crippen LogP contribution in [0.15, 0.2) is 54.7 Å². The second-order valence-corrected chi connectivity index (χ2v) is 7.88. The quantitative estimate of drug-likeness (QED) is 0.585. The number of methoxy groups -OCH3 is 1. The van der Waals surface area contributed by atoms with Gasteiger partial charge in [-0.05, 0) is 67.6 Å². The molecule has 4 nitrogen and oxygen atoms in total. The van der Waals surface area contributed by atoms with E-state index in [9.17, 15) is 0 Å². The second kappa shape index (κ2) is 8.80. The van der Waals surface area contributed by atoms with Crippen LogP contribution in [0.4, 0.5) is 5.69 Å². The predicted octanol–water partition coefficient (Wildman–Crippen LogP) is 5.41. The molecule has 0 amide bonds. The van der Waals surface area contributed by atoms with Crippen LogP contribution in [-0.2, 0) is 6.54 Å². The molecule has 0 unspecified atom stereocenters. The van der Waals surface area contributed by atoms with Gasteiger partial charge in [-0.2, -0.15) is 0 Å². The number of fused-ring (bicyclic) bond motifs is 1. The molecule has 2 N–H and O–H groups in total. The third-order valence-electron chi connectivity index (χ3n) is 5.55. The third-order valence-corrected chi connectivity index (χ3v) is 5.78. The van der Waals surface area contributed by atoms with E-state index in [1.807, 2.05) is 30.5 Å². The van der Waals surface area contributed by atoms with Gasteiger partial charge in [-0.25, -0.2) is 0 Å². The summed E-state index contributed by atoms with van der Waals surface area (Å²) in [6.45, 7) is 0.905. The molecular formula is C23H26ClN3O. The van der Waals surface area contributed by atoms with Crippen molar-refractivity contribution in [2.75, 3.05) is 12.4 Å². The van der Waals surface area contributed by atoms with Crippen molar-refractivity contribution in [2.45, 2.75) is 44.3 Å². The van der Waals surface area contributed by atoms with Gasteiger partial charge in [-0.1, -0.05) is 23.7 Å². The maximum Gasteiger partial charge on any atom is 0.118 e. The summed E-state index contributed by atoms with van der Waals surface area (Å²) in [5.41, 5.74) is 3.38. The van der Waals surface area contributed by atoms with E-state index in [1.165, 1.54) is 18.4 Å². The van der Waals surface area contributed by atoms with Crippen molar-refractivity contribution in [3.8, 4) is 5.75 Å². The number of nitrogens with zero attached hydrogens (tertiary/aromatic N) is 1. The Morgan fingerprint density at radius 3 is 2.50 bits per heavy atom. The van der Waals surface area contributed by atoms with Gasteiger partial charge >= 0.3 is 0 Å². The van der Waals surface area contributed by atoms with Gasteiger partial charge in [-0.15, -0.1) is 0 Å². The Kier molecular flexibility index (Phi) is 5.98. The molecule has 0 aliphatic heterocycles. The fourth-order valence-corrected chi connectivity index (χ4v) is 4.08. The van der Waals surface area contributed by atoms with Crippen LogP contribution in [0, 0.1) is 0 Å². The smallest absolute Gasteiger partial charge is 0.118 e. The van der Waals surface area contributed by atoms with Crippen LogP contribution in [-0.4, -0.2) is 24.2 Å². The van der Waals surface area contributed by atoms with Crippen molar-refractivity contribution in [2.24, 2.45) is 0 Å². The minimum atomic E-state index is 0.500. The van der Waals surface area contributed by atoms with E-state index in [-0.39, 0.29) is 0 Å². The zero-order valence-electron chi connectivity index (χ0n) is 16.1. The topological polar surface area (TPSA) is 46.2 Å². The van der Waals surface area contributed by atoms with Crippen LogP contribution in [0.25, 0.3) is 10.9 Å². The van der Waals surface area contributed by atoms with Crippen molar-refractivity contribution in [3.05, 3.63) is 65.3 Å². The largest absolute Gasteiger partial charge is 0.497 e. The molecule has 1 aliphatic carbocycles. The van der Waals surface area contributed by atoms with E-state index in [0.29, 0.717) is 12.1 Å². The first-order valence-electron chi connectivity index (χ1n) is 9.88. The zero-order chi connectivity index (χ0) is 19.3. The minimum Gasteiger partial charge on any atom is -0.497 e. The van der Waals surface area contributed by atoms with Crippen LogP contribution >= 0.6 is 11.6 Å². The Balaban J connectivity index is 1.29. The standard InChI is InChI=1S/C23H26ClN3O/c1-28-20-9-2-16(3-10-20)15-26-18-5-7-19(8-6-18)27-22-12-13-25-23-14-17(24)4-11-21(22)23/h2-4,9-14,18-19,26H,5-8,15H2,1H3,(H,25,27)/t18-,19+. The van der Waals surface area contributed by atoms with E-state index < -0.39 is 0 Å². The fourth-order valence-electron chi connectivity index (χ4n) is 3.91. The summed E-state index contributed by atoms with van der Waals surface area (Å²) in [6.07, 6.45) is 6.55. The Bertz CT molecular complexity index is 921. The number of rotatable bonds is 6. The second-order valence-electron chi connectivity index (χ2n) is 7.44. The zero-order valence-corrected chi connectivity index (χ0v) is 16.9. The van der Waals surface area contributed by atoms with Crippen molar-refractivity contribution in [3.63, 3.8) is 0 Å². The fraction of sp³-hybridized carbons (Fsp3) is 0.348. The molecular weight excluding hydrogens is 370 g/mol. The normalized spacial score (nSPS) is 19.5. The van der Waals surface area contributed by atoms with Gasteiger partial charge < -0.3 is 15.4 Å². The summed E-state index contributed by atoms with van der Waals surface area (Å²) in [4.78, 5) is 4.43. The Hall–Kier alpha value is -2.30. The van der Waals surface area contributed by atoms with Crippen LogP contribution in [0.3, 0.4) is 0 Å². The average Bonchev–Trinajstić information content (AvgIpc) is 2.73. The lowest BCUT2D eigenvalue weighted by Gasteiger charge is -2.30. The number of pyridine rings is 1. The van der Waals surface area contributed by atoms with Gasteiger partial charge in [0.05, 0.1) is 12.6 Å². The molecule has 0 bridgehead atoms. The molecule has 1 fully saturated rings. The molecule has 0 radical (unpaired) electrons. The van der Waals surface area contributed by atoms with Gasteiger partial charge in [0, 0.05) is 40.9 Å². The van der Waals surface area contributed by atoms with Crippen molar-refractivity contribution in [1.29, 1.82) is 0 Å². The van der Waals surface area contributed by atoms with Crippen molar-refractivity contribution < 1.29 is 4.74 Å². The summed E-state index contributed by atoms with van der Waals surface area (Å²) in [5.74, 6) is 0.904. The minimum absolute atomic E-state index is 0.500. The predicted molar refractivity (Wildman–Crippen MR) is 116 cm³/mol. The number of nitrogens with one attached hydrogen (secondary N) is 2. The highest BCUT2D eigenvalue weighted by molar-refractivity contribution is 6.31. The maximum absolute atomic E-state index is 6.09. The maximum atomic E-state index is 6.09. The summed E-state index contributed by atoms with van der Waals surface area (Å²) in [7, 11) is 1.70. The molecule has 5 heteroatoms. The van der Waals surface area contributed by atoms with E-state index in [0.717, 1.165) is 46.7 Å². The molecule has 2 aromatic carbocycles. The highest BCUT2D eigenvalue weighted by Gasteiger charge is 2.21. The van der Waals surface area contributed by atoms with Crippen LogP contribution < -0.4 is 15.4 Å². The number of aromatic nitrogens is 1. The first kappa shape index (κ1) is 19.0. The number of benzene rings is 2. The molecule has 1 heterocycles. The number of anilines is 1. The third kappa shape index (κ3) is 4.57. The van der Waals surface area contributed by atoms with Crippen LogP contribution in [0.1, 0.15) is 31.2 Å². The van der Waals surface area contributed by atoms with Gasteiger partial charge in [-0.3, -0.25) is 4.98 Å². The average molecular weight is 396 g/mol. The molecule has 28 heavy (non-hydrogen) atoms. The Labute approximate surface area is 171 Å². The summed E-state index contributed by atoms with van der Waals surface area (Å²) < 4.78 is 5.22. The van der Waals surface area contributed by atoms with Gasteiger partial charge in [0.1, 0.15) is 5.75 Å². The monoisotopic (exact) mass is 395 g/mol. The number of ether oxygens (including phenoxy) is 1. The van der Waals surface area contributed by atoms with Crippen molar-refractivity contribution in [1.82, 2.24) is 10.3 Å². The molecule has 1 saturated carbocycles. The number of hydrogen-bond acceptors (Lipinski definition) is 4. The first-order chi connectivity index (χ1) is 13.7. The molecule has 146 valence electrons. The van der Waals surface area contributed by atoms with E-state index in [4.69, 9.17) is 16.3 Å². The molecule has 4 rings (SSSR count). The summed E-state index contributed by atoms with van der Waals surface area (Å²) in [5, 5.41) is 9.28. The Morgan fingerprint density at radius 2 is 1.75 bits per heavy atom. The molecule has 0 saturated heterocycles. The molecule has 1 aromatic heterocycles. The number of halogens is 1. The lowest BCUT2D eigenvalue weighted by molar-refractivity contribution is 0.353. The summed E-state index contributed by atoms with van der Waals surface area (Å²) >= 11 is 6.09. The molecule has 0 spiro atoms. The molecule has 3 aromatic rings. The highest BCUT2D eigenvalue weighted by Crippen LogP contribution is 2.28.